The molecular weight excluding hydrogens is 633 g/mol. The van der Waals surface area contributed by atoms with Crippen molar-refractivity contribution in [1.29, 1.82) is 0 Å². The second-order valence-corrected chi connectivity index (χ2v) is 13.9. The van der Waals surface area contributed by atoms with Gasteiger partial charge in [-0.15, -0.1) is 6.42 Å². The highest BCUT2D eigenvalue weighted by atomic mass is 19.1. The van der Waals surface area contributed by atoms with Gasteiger partial charge in [-0.1, -0.05) is 18.1 Å². The van der Waals surface area contributed by atoms with E-state index >= 15 is 0 Å². The molecule has 0 amide bonds. The summed E-state index contributed by atoms with van der Waals surface area (Å²) in [6.45, 7) is 7.67. The predicted octanol–water partition coefficient (Wildman–Crippen LogP) is 8.60. The molecule has 0 aliphatic carbocycles. The first-order chi connectivity index (χ1) is 24.5. The van der Waals surface area contributed by atoms with Crippen LogP contribution in [0, 0.1) is 18.3 Å². The molecule has 4 aliphatic heterocycles. The lowest BCUT2D eigenvalue weighted by atomic mass is 9.85. The SMILES string of the molecule is C#Cc1cc(OC2CCCCO2)cc(C2=C(C)c3cc(OC4CCCCO4)ccc3OC2c2ccc(OC[C@H](C)N3CC[C@@H](CF)C3)cc2)c1. The van der Waals surface area contributed by atoms with Crippen LogP contribution in [-0.2, 0) is 9.47 Å². The van der Waals surface area contributed by atoms with Gasteiger partial charge in [-0.05, 0) is 118 Å². The number of terminal acetylenes is 1. The lowest BCUT2D eigenvalue weighted by Gasteiger charge is -2.32. The van der Waals surface area contributed by atoms with Crippen LogP contribution < -0.4 is 18.9 Å². The number of allylic oxidation sites excluding steroid dienone is 1. The standard InChI is InChI=1S/C42H48FNO6/c1-4-30-21-33(23-36(22-30)49-40-10-6-8-20-46-40)41-29(3)37-24-35(48-39-9-5-7-19-45-39)15-16-38(37)50-42(41)32-11-13-34(14-12-32)47-27-28(2)44-18-17-31(25-43)26-44/h1,11-16,21-24,28,31,39-40,42H,5-10,17-20,25-27H2,2-3H3/t28-,31-,39?,40?,42?/m0/s1. The zero-order valence-electron chi connectivity index (χ0n) is 29.2. The van der Waals surface area contributed by atoms with Crippen molar-refractivity contribution in [3.63, 3.8) is 0 Å². The topological polar surface area (TPSA) is 58.6 Å². The van der Waals surface area contributed by atoms with Crippen molar-refractivity contribution in [2.45, 2.75) is 83.5 Å². The van der Waals surface area contributed by atoms with Gasteiger partial charge in [0.2, 0.25) is 0 Å². The van der Waals surface area contributed by atoms with Gasteiger partial charge < -0.3 is 28.4 Å². The van der Waals surface area contributed by atoms with Crippen LogP contribution in [0.25, 0.3) is 11.1 Å². The van der Waals surface area contributed by atoms with E-state index in [9.17, 15) is 4.39 Å². The largest absolute Gasteiger partial charge is 0.492 e. The first-order valence-corrected chi connectivity index (χ1v) is 18.2. The average Bonchev–Trinajstić information content (AvgIpc) is 3.65. The molecule has 0 N–H and O–H groups in total. The predicted molar refractivity (Wildman–Crippen MR) is 192 cm³/mol. The molecule has 0 bridgehead atoms. The van der Waals surface area contributed by atoms with E-state index < -0.39 is 6.10 Å². The van der Waals surface area contributed by atoms with Crippen LogP contribution in [0.1, 0.15) is 87.2 Å². The highest BCUT2D eigenvalue weighted by Gasteiger charge is 2.31. The van der Waals surface area contributed by atoms with Crippen molar-refractivity contribution in [2.75, 3.05) is 39.6 Å². The van der Waals surface area contributed by atoms with Gasteiger partial charge >= 0.3 is 0 Å². The molecule has 7 rings (SSSR count). The zero-order valence-corrected chi connectivity index (χ0v) is 29.2. The minimum Gasteiger partial charge on any atom is -0.492 e. The maximum Gasteiger partial charge on any atom is 0.199 e. The summed E-state index contributed by atoms with van der Waals surface area (Å²) < 4.78 is 50.6. The summed E-state index contributed by atoms with van der Waals surface area (Å²) in [6.07, 6.45) is 11.9. The van der Waals surface area contributed by atoms with E-state index in [2.05, 4.69) is 36.8 Å². The number of alkyl halides is 1. The number of fused-ring (bicyclic) bond motifs is 1. The Morgan fingerprint density at radius 3 is 2.26 bits per heavy atom. The number of halogens is 1. The van der Waals surface area contributed by atoms with Gasteiger partial charge in [0.1, 0.15) is 35.7 Å². The van der Waals surface area contributed by atoms with Crippen molar-refractivity contribution < 1.29 is 32.8 Å². The fourth-order valence-corrected chi connectivity index (χ4v) is 7.38. The molecule has 3 unspecified atom stereocenters. The minimum atomic E-state index is -0.419. The molecule has 0 aromatic heterocycles. The van der Waals surface area contributed by atoms with Crippen LogP contribution in [0.5, 0.6) is 23.0 Å². The van der Waals surface area contributed by atoms with Crippen LogP contribution in [0.2, 0.25) is 0 Å². The lowest BCUT2D eigenvalue weighted by Crippen LogP contribution is -2.35. The molecule has 7 nitrogen and oxygen atoms in total. The number of hydrogen-bond donors (Lipinski definition) is 0. The molecule has 264 valence electrons. The second-order valence-electron chi connectivity index (χ2n) is 13.9. The highest BCUT2D eigenvalue weighted by molar-refractivity contribution is 5.96. The zero-order chi connectivity index (χ0) is 34.5. The van der Waals surface area contributed by atoms with Crippen LogP contribution in [0.15, 0.2) is 60.7 Å². The van der Waals surface area contributed by atoms with Gasteiger partial charge in [-0.3, -0.25) is 9.29 Å². The van der Waals surface area contributed by atoms with Gasteiger partial charge in [0.25, 0.3) is 0 Å². The highest BCUT2D eigenvalue weighted by Crippen LogP contribution is 2.48. The van der Waals surface area contributed by atoms with E-state index in [1.54, 1.807) is 0 Å². The Hall–Kier alpha value is -4.03. The van der Waals surface area contributed by atoms with Gasteiger partial charge in [-0.2, -0.15) is 0 Å². The van der Waals surface area contributed by atoms with Crippen LogP contribution in [0.3, 0.4) is 0 Å². The van der Waals surface area contributed by atoms with Crippen molar-refractivity contribution in [3.05, 3.63) is 82.9 Å². The normalized spacial score (nSPS) is 24.5. The molecule has 3 aromatic carbocycles. The van der Waals surface area contributed by atoms with E-state index in [1.165, 1.54) is 0 Å². The van der Waals surface area contributed by atoms with Crippen molar-refractivity contribution in [2.24, 2.45) is 5.92 Å². The lowest BCUT2D eigenvalue weighted by molar-refractivity contribution is -0.106. The Morgan fingerprint density at radius 1 is 0.880 bits per heavy atom. The average molecular weight is 682 g/mol. The molecule has 4 aliphatic rings. The smallest absolute Gasteiger partial charge is 0.199 e. The molecule has 0 saturated carbocycles. The summed E-state index contributed by atoms with van der Waals surface area (Å²) in [4.78, 5) is 2.31. The Labute approximate surface area is 295 Å². The fraction of sp³-hybridized carbons (Fsp3) is 0.476. The van der Waals surface area contributed by atoms with E-state index in [0.717, 1.165) is 109 Å². The van der Waals surface area contributed by atoms with E-state index in [1.807, 2.05) is 48.5 Å². The Balaban J connectivity index is 1.18. The number of benzene rings is 3. The third kappa shape index (κ3) is 7.96. The van der Waals surface area contributed by atoms with Gasteiger partial charge in [0, 0.05) is 48.0 Å². The van der Waals surface area contributed by atoms with Crippen LogP contribution in [0.4, 0.5) is 4.39 Å². The first kappa shape index (κ1) is 34.4. The van der Waals surface area contributed by atoms with Gasteiger partial charge in [-0.25, -0.2) is 0 Å². The Bertz CT molecular complexity index is 1690. The Kier molecular flexibility index (Phi) is 10.9. The molecule has 0 radical (unpaired) electrons. The molecular formula is C42H48FNO6. The fourth-order valence-electron chi connectivity index (χ4n) is 7.38. The summed E-state index contributed by atoms with van der Waals surface area (Å²) in [5.41, 5.74) is 5.64. The molecule has 0 spiro atoms. The molecule has 3 saturated heterocycles. The van der Waals surface area contributed by atoms with Gasteiger partial charge in [0.15, 0.2) is 12.6 Å². The maximum atomic E-state index is 13.2. The molecule has 5 atom stereocenters. The minimum absolute atomic E-state index is 0.137. The summed E-state index contributed by atoms with van der Waals surface area (Å²) in [6, 6.07) is 20.3. The molecule has 3 fully saturated rings. The molecule has 50 heavy (non-hydrogen) atoms. The van der Waals surface area contributed by atoms with E-state index in [0.29, 0.717) is 25.6 Å². The maximum absolute atomic E-state index is 13.2. The van der Waals surface area contributed by atoms with Crippen molar-refractivity contribution >= 4 is 11.1 Å². The van der Waals surface area contributed by atoms with Crippen LogP contribution >= 0.6 is 0 Å². The summed E-state index contributed by atoms with van der Waals surface area (Å²) in [7, 11) is 0. The molecule has 8 heteroatoms. The number of ether oxygens (including phenoxy) is 6. The third-order valence-electron chi connectivity index (χ3n) is 10.3. The Morgan fingerprint density at radius 2 is 1.60 bits per heavy atom. The summed E-state index contributed by atoms with van der Waals surface area (Å²) >= 11 is 0. The number of nitrogens with zero attached hydrogens (tertiary/aromatic N) is 1. The molecule has 4 heterocycles. The van der Waals surface area contributed by atoms with E-state index in [4.69, 9.17) is 34.8 Å². The van der Waals surface area contributed by atoms with Gasteiger partial charge in [0.05, 0.1) is 19.9 Å². The monoisotopic (exact) mass is 681 g/mol. The quantitative estimate of drug-likeness (QED) is 0.188. The number of hydrogen-bond acceptors (Lipinski definition) is 7. The summed E-state index contributed by atoms with van der Waals surface area (Å²) in [5, 5.41) is 0. The summed E-state index contributed by atoms with van der Waals surface area (Å²) in [5.74, 6) is 5.94. The third-order valence-corrected chi connectivity index (χ3v) is 10.3. The second kappa shape index (κ2) is 15.9. The first-order valence-electron chi connectivity index (χ1n) is 18.2. The van der Waals surface area contributed by atoms with Crippen molar-refractivity contribution in [1.82, 2.24) is 4.90 Å². The van der Waals surface area contributed by atoms with E-state index in [-0.39, 0.29) is 31.2 Å². The number of rotatable bonds is 11. The van der Waals surface area contributed by atoms with Crippen LogP contribution in [-0.4, -0.2) is 63.1 Å². The number of likely N-dealkylation sites (tertiary alicyclic amines) is 1. The van der Waals surface area contributed by atoms with Crippen molar-refractivity contribution in [3.8, 4) is 35.3 Å². The molecule has 3 aromatic rings.